The Bertz CT molecular complexity index is 549. The number of nitrogens with one attached hydrogen (secondary N) is 1. The van der Waals surface area contributed by atoms with E-state index < -0.39 is 11.3 Å². The van der Waals surface area contributed by atoms with Gasteiger partial charge in [-0.2, -0.15) is 0 Å². The molecule has 1 aromatic carbocycles. The van der Waals surface area contributed by atoms with Gasteiger partial charge in [0.2, 0.25) is 0 Å². The second kappa shape index (κ2) is 6.15. The number of alkyl halides is 1. The van der Waals surface area contributed by atoms with Crippen molar-refractivity contribution in [3.05, 3.63) is 29.8 Å². The van der Waals surface area contributed by atoms with Gasteiger partial charge in [0.25, 0.3) is 11.1 Å². The van der Waals surface area contributed by atoms with Crippen LogP contribution in [0.5, 0.6) is 0 Å². The molecule has 0 aromatic heterocycles. The number of amides is 2. The predicted octanol–water partition coefficient (Wildman–Crippen LogP) is 2.06. The molecule has 0 unspecified atom stereocenters. The molecule has 0 bridgehead atoms. The summed E-state index contributed by atoms with van der Waals surface area (Å²) < 4.78 is 0. The third-order valence-electron chi connectivity index (χ3n) is 2.67. The minimum absolute atomic E-state index is 0.154. The van der Waals surface area contributed by atoms with Crippen molar-refractivity contribution in [2.45, 2.75) is 5.37 Å². The lowest BCUT2D eigenvalue weighted by Crippen LogP contribution is -2.35. The van der Waals surface area contributed by atoms with Crippen LogP contribution in [-0.4, -0.2) is 44.9 Å². The molecule has 0 spiro atoms. The molecule has 0 aliphatic carbocycles. The molecule has 1 aliphatic heterocycles. The van der Waals surface area contributed by atoms with Crippen molar-refractivity contribution < 1.29 is 19.5 Å². The monoisotopic (exact) mass is 314 g/mol. The smallest absolute Gasteiger partial charge is 0.335 e. The number of carbonyl (C=O) groups excluding carboxylic acids is 2. The van der Waals surface area contributed by atoms with Gasteiger partial charge in [0, 0.05) is 18.1 Å². The Hall–Kier alpha value is -1.73. The fraction of sp³-hybridized carbons (Fsp3) is 0.250. The summed E-state index contributed by atoms with van der Waals surface area (Å²) in [6.07, 6.45) is 0. The molecule has 8 heteroatoms. The first kappa shape index (κ1) is 14.7. The Morgan fingerprint density at radius 1 is 1.35 bits per heavy atom. The summed E-state index contributed by atoms with van der Waals surface area (Å²) in [4.78, 5) is 35.4. The number of anilines is 1. The van der Waals surface area contributed by atoms with E-state index in [1.807, 2.05) is 0 Å². The van der Waals surface area contributed by atoms with Gasteiger partial charge in [-0.15, -0.1) is 11.6 Å². The van der Waals surface area contributed by atoms with Crippen molar-refractivity contribution in [1.82, 2.24) is 4.90 Å². The van der Waals surface area contributed by atoms with E-state index in [-0.39, 0.29) is 29.1 Å². The van der Waals surface area contributed by atoms with Gasteiger partial charge in [-0.05, 0) is 36.0 Å². The molecule has 1 saturated heterocycles. The maximum absolute atomic E-state index is 12.0. The molecule has 1 atom stereocenters. The van der Waals surface area contributed by atoms with Gasteiger partial charge in [0.1, 0.15) is 0 Å². The van der Waals surface area contributed by atoms with E-state index in [4.69, 9.17) is 16.7 Å². The van der Waals surface area contributed by atoms with E-state index in [0.29, 0.717) is 5.69 Å². The first-order valence-electron chi connectivity index (χ1n) is 5.71. The van der Waals surface area contributed by atoms with Crippen LogP contribution in [0.15, 0.2) is 24.3 Å². The number of rotatable bonds is 5. The maximum Gasteiger partial charge on any atom is 0.335 e. The summed E-state index contributed by atoms with van der Waals surface area (Å²) in [7, 11) is 0. The quantitative estimate of drug-likeness (QED) is 0.809. The van der Waals surface area contributed by atoms with E-state index >= 15 is 0 Å². The molecule has 1 aromatic rings. The summed E-state index contributed by atoms with van der Waals surface area (Å²) in [5.41, 5.74) is 0.724. The number of halogens is 1. The second-order valence-corrected chi connectivity index (χ2v) is 5.40. The van der Waals surface area contributed by atoms with E-state index in [1.54, 1.807) is 12.1 Å². The zero-order valence-corrected chi connectivity index (χ0v) is 11.8. The van der Waals surface area contributed by atoms with Crippen LogP contribution in [0.3, 0.4) is 0 Å². The SMILES string of the molecule is O=C(O)c1ccc(N[C@H]2SC(=O)N(CCCl)C2=O)cc1. The number of carboxylic acids is 1. The number of imide groups is 1. The van der Waals surface area contributed by atoms with E-state index in [0.717, 1.165) is 16.7 Å². The van der Waals surface area contributed by atoms with Crippen molar-refractivity contribution in [3.8, 4) is 0 Å². The van der Waals surface area contributed by atoms with Crippen molar-refractivity contribution in [1.29, 1.82) is 0 Å². The Morgan fingerprint density at radius 2 is 2.00 bits per heavy atom. The highest BCUT2D eigenvalue weighted by Crippen LogP contribution is 2.28. The molecule has 6 nitrogen and oxygen atoms in total. The van der Waals surface area contributed by atoms with Crippen LogP contribution in [0.25, 0.3) is 0 Å². The molecule has 106 valence electrons. The van der Waals surface area contributed by atoms with Crippen molar-refractivity contribution in [2.75, 3.05) is 17.7 Å². The van der Waals surface area contributed by atoms with Crippen molar-refractivity contribution in [3.63, 3.8) is 0 Å². The number of benzene rings is 1. The normalized spacial score (nSPS) is 18.4. The Labute approximate surface area is 124 Å². The largest absolute Gasteiger partial charge is 0.478 e. The van der Waals surface area contributed by atoms with Crippen LogP contribution >= 0.6 is 23.4 Å². The fourth-order valence-electron chi connectivity index (χ4n) is 1.68. The zero-order valence-electron chi connectivity index (χ0n) is 10.2. The molecule has 2 N–H and O–H groups in total. The average Bonchev–Trinajstić information content (AvgIpc) is 2.67. The van der Waals surface area contributed by atoms with E-state index in [1.165, 1.54) is 12.1 Å². The lowest BCUT2D eigenvalue weighted by molar-refractivity contribution is -0.126. The average molecular weight is 315 g/mol. The van der Waals surface area contributed by atoms with E-state index in [2.05, 4.69) is 5.32 Å². The topological polar surface area (TPSA) is 86.7 Å². The lowest BCUT2D eigenvalue weighted by atomic mass is 10.2. The van der Waals surface area contributed by atoms with Crippen LogP contribution in [0.1, 0.15) is 10.4 Å². The standard InChI is InChI=1S/C12H11ClN2O4S/c13-5-6-15-10(16)9(20-12(15)19)14-8-3-1-7(2-4-8)11(17)18/h1-4,9,14H,5-6H2,(H,17,18)/t9-/m0/s1. The van der Waals surface area contributed by atoms with Gasteiger partial charge in [0.05, 0.1) is 5.56 Å². The molecular weight excluding hydrogens is 304 g/mol. The van der Waals surface area contributed by atoms with Gasteiger partial charge >= 0.3 is 5.97 Å². The van der Waals surface area contributed by atoms with E-state index in [9.17, 15) is 14.4 Å². The Balaban J connectivity index is 2.05. The van der Waals surface area contributed by atoms with Crippen LogP contribution in [0.2, 0.25) is 0 Å². The number of aromatic carboxylic acids is 1. The van der Waals surface area contributed by atoms with Gasteiger partial charge in [0.15, 0.2) is 5.37 Å². The fourth-order valence-corrected chi connectivity index (χ4v) is 2.79. The summed E-state index contributed by atoms with van der Waals surface area (Å²) in [6.45, 7) is 0.183. The predicted molar refractivity (Wildman–Crippen MR) is 76.2 cm³/mol. The van der Waals surface area contributed by atoms with Crippen LogP contribution in [0.4, 0.5) is 10.5 Å². The second-order valence-electron chi connectivity index (χ2n) is 3.97. The highest BCUT2D eigenvalue weighted by atomic mass is 35.5. The van der Waals surface area contributed by atoms with Gasteiger partial charge in [-0.3, -0.25) is 14.5 Å². The van der Waals surface area contributed by atoms with Crippen LogP contribution in [0, 0.1) is 0 Å². The Kier molecular flexibility index (Phi) is 4.51. The molecule has 1 heterocycles. The molecule has 0 radical (unpaired) electrons. The third kappa shape index (κ3) is 3.05. The number of thioether (sulfide) groups is 1. The van der Waals surface area contributed by atoms with Gasteiger partial charge < -0.3 is 10.4 Å². The summed E-state index contributed by atoms with van der Waals surface area (Å²) in [6, 6.07) is 5.94. The molecule has 1 aliphatic rings. The number of hydrogen-bond donors (Lipinski definition) is 2. The first-order valence-corrected chi connectivity index (χ1v) is 7.12. The third-order valence-corrected chi connectivity index (χ3v) is 3.81. The molecule has 20 heavy (non-hydrogen) atoms. The number of carboxylic acid groups (broad SMARTS) is 1. The van der Waals surface area contributed by atoms with Crippen LogP contribution < -0.4 is 5.32 Å². The number of carbonyl (C=O) groups is 3. The van der Waals surface area contributed by atoms with Crippen LogP contribution in [-0.2, 0) is 4.79 Å². The minimum Gasteiger partial charge on any atom is -0.478 e. The maximum atomic E-state index is 12.0. The highest BCUT2D eigenvalue weighted by Gasteiger charge is 2.39. The van der Waals surface area contributed by atoms with Crippen molar-refractivity contribution >= 4 is 46.2 Å². The molecule has 1 fully saturated rings. The number of nitrogens with zero attached hydrogens (tertiary/aromatic N) is 1. The zero-order chi connectivity index (χ0) is 14.7. The molecular formula is C12H11ClN2O4S. The Morgan fingerprint density at radius 3 is 2.55 bits per heavy atom. The summed E-state index contributed by atoms with van der Waals surface area (Å²) in [5, 5.41) is 10.6. The van der Waals surface area contributed by atoms with Gasteiger partial charge in [-0.25, -0.2) is 4.79 Å². The number of hydrogen-bond acceptors (Lipinski definition) is 5. The highest BCUT2D eigenvalue weighted by molar-refractivity contribution is 8.15. The van der Waals surface area contributed by atoms with Crippen molar-refractivity contribution in [2.24, 2.45) is 0 Å². The molecule has 0 saturated carbocycles. The molecule has 2 rings (SSSR count). The first-order chi connectivity index (χ1) is 9.52. The minimum atomic E-state index is -1.02. The summed E-state index contributed by atoms with van der Waals surface area (Å²) >= 11 is 6.41. The summed E-state index contributed by atoms with van der Waals surface area (Å²) in [5.74, 6) is -1.17. The lowest BCUT2D eigenvalue weighted by Gasteiger charge is -2.13. The van der Waals surface area contributed by atoms with Gasteiger partial charge in [-0.1, -0.05) is 0 Å². The molecule has 2 amide bonds.